The number of amides is 2. The van der Waals surface area contributed by atoms with Crippen LogP contribution in [0.5, 0.6) is 0 Å². The molecule has 1 aliphatic heterocycles. The number of anilines is 2. The van der Waals surface area contributed by atoms with Crippen LogP contribution >= 0.6 is 11.8 Å². The fraction of sp³-hybridized carbons (Fsp3) is 0.250. The molecule has 3 aromatic rings. The third kappa shape index (κ3) is 6.75. The number of dihydropyridines is 1. The Morgan fingerprint density at radius 2 is 1.74 bits per heavy atom. The lowest BCUT2D eigenvalue weighted by molar-refractivity contribution is -0.114. The number of rotatable bonds is 9. The van der Waals surface area contributed by atoms with E-state index in [1.807, 2.05) is 32.9 Å². The molecule has 2 heterocycles. The van der Waals surface area contributed by atoms with Gasteiger partial charge in [0.15, 0.2) is 0 Å². The Labute approximate surface area is 249 Å². The van der Waals surface area contributed by atoms with Crippen molar-refractivity contribution in [3.8, 4) is 6.07 Å². The summed E-state index contributed by atoms with van der Waals surface area (Å²) >= 11 is 1.19. The number of hydrogen-bond donors (Lipinski definition) is 3. The minimum atomic E-state index is -0.794. The maximum atomic E-state index is 13.6. The van der Waals surface area contributed by atoms with Gasteiger partial charge in [-0.1, -0.05) is 29.5 Å². The first-order chi connectivity index (χ1) is 20.1. The highest BCUT2D eigenvalue weighted by molar-refractivity contribution is 8.03. The van der Waals surface area contributed by atoms with Gasteiger partial charge in [0, 0.05) is 17.1 Å². The molecule has 0 fully saturated rings. The Kier molecular flexibility index (Phi) is 9.55. The van der Waals surface area contributed by atoms with Crippen molar-refractivity contribution in [2.24, 2.45) is 0 Å². The lowest BCUT2D eigenvalue weighted by atomic mass is 9.85. The number of aryl methyl sites for hydroxylation is 3. The van der Waals surface area contributed by atoms with Gasteiger partial charge in [0.25, 0.3) is 5.91 Å². The van der Waals surface area contributed by atoms with E-state index in [9.17, 15) is 19.6 Å². The Morgan fingerprint density at radius 3 is 2.33 bits per heavy atom. The number of nitrogens with zero attached hydrogens (tertiary/aromatic N) is 1. The van der Waals surface area contributed by atoms with Gasteiger partial charge in [0.05, 0.1) is 52.3 Å². The summed E-state index contributed by atoms with van der Waals surface area (Å²) in [5, 5.41) is 19.7. The van der Waals surface area contributed by atoms with Crippen molar-refractivity contribution >= 4 is 40.9 Å². The number of hydrogen-bond acceptors (Lipinski definition) is 8. The Morgan fingerprint density at radius 1 is 1.05 bits per heavy atom. The van der Waals surface area contributed by atoms with Crippen LogP contribution in [0, 0.1) is 32.1 Å². The van der Waals surface area contributed by atoms with Crippen LogP contribution in [0.3, 0.4) is 0 Å². The first-order valence-electron chi connectivity index (χ1n) is 13.4. The van der Waals surface area contributed by atoms with Crippen molar-refractivity contribution in [2.75, 3.05) is 23.0 Å². The zero-order chi connectivity index (χ0) is 30.4. The van der Waals surface area contributed by atoms with E-state index in [2.05, 4.69) is 22.0 Å². The number of allylic oxidation sites excluding steroid dienone is 2. The molecule has 0 aliphatic carbocycles. The minimum Gasteiger partial charge on any atom is -0.468 e. The zero-order valence-corrected chi connectivity index (χ0v) is 24.9. The largest absolute Gasteiger partial charge is 0.468 e. The minimum absolute atomic E-state index is 0.0484. The molecule has 9 nitrogen and oxygen atoms in total. The highest BCUT2D eigenvalue weighted by Gasteiger charge is 2.36. The van der Waals surface area contributed by atoms with Crippen LogP contribution in [0.25, 0.3) is 0 Å². The molecule has 1 atom stereocenters. The lowest BCUT2D eigenvalue weighted by Gasteiger charge is -2.28. The van der Waals surface area contributed by atoms with Crippen molar-refractivity contribution < 1.29 is 23.5 Å². The Balaban J connectivity index is 1.55. The van der Waals surface area contributed by atoms with E-state index in [4.69, 9.17) is 9.15 Å². The molecule has 1 aliphatic rings. The molecular formula is C32H32N4O5S. The van der Waals surface area contributed by atoms with Crippen LogP contribution in [0.15, 0.2) is 81.1 Å². The van der Waals surface area contributed by atoms with Gasteiger partial charge in [0.1, 0.15) is 5.76 Å². The summed E-state index contributed by atoms with van der Waals surface area (Å²) in [4.78, 5) is 38.5. The first kappa shape index (κ1) is 30.2. The fourth-order valence-corrected chi connectivity index (χ4v) is 5.75. The second-order valence-electron chi connectivity index (χ2n) is 9.83. The van der Waals surface area contributed by atoms with Gasteiger partial charge in [-0.3, -0.25) is 9.59 Å². The molecule has 42 heavy (non-hydrogen) atoms. The summed E-state index contributed by atoms with van der Waals surface area (Å²) in [6, 6.07) is 16.0. The smallest absolute Gasteiger partial charge is 0.338 e. The van der Waals surface area contributed by atoms with Crippen LogP contribution in [0.4, 0.5) is 11.4 Å². The third-order valence-electron chi connectivity index (χ3n) is 6.66. The summed E-state index contributed by atoms with van der Waals surface area (Å²) in [7, 11) is 0. The molecule has 1 aromatic heterocycles. The number of thioether (sulfide) groups is 1. The van der Waals surface area contributed by atoms with Crippen molar-refractivity contribution in [1.82, 2.24) is 5.32 Å². The summed E-state index contributed by atoms with van der Waals surface area (Å²) in [6.45, 7) is 9.64. The summed E-state index contributed by atoms with van der Waals surface area (Å²) < 4.78 is 10.7. The predicted octanol–water partition coefficient (Wildman–Crippen LogP) is 6.09. The Bertz CT molecular complexity index is 1590. The van der Waals surface area contributed by atoms with E-state index in [1.54, 1.807) is 50.2 Å². The number of nitriles is 1. The van der Waals surface area contributed by atoms with Crippen molar-refractivity contribution in [2.45, 2.75) is 40.5 Å². The molecular weight excluding hydrogens is 552 g/mol. The topological polar surface area (TPSA) is 133 Å². The second kappa shape index (κ2) is 13.3. The van der Waals surface area contributed by atoms with Crippen molar-refractivity contribution in [3.63, 3.8) is 0 Å². The fourth-order valence-electron chi connectivity index (χ4n) is 4.86. The molecule has 10 heteroatoms. The Hall–Kier alpha value is -4.75. The second-order valence-corrected chi connectivity index (χ2v) is 10.8. The molecule has 0 spiro atoms. The third-order valence-corrected chi connectivity index (χ3v) is 7.68. The summed E-state index contributed by atoms with van der Waals surface area (Å²) in [6.07, 6.45) is 1.48. The molecule has 0 saturated heterocycles. The maximum Gasteiger partial charge on any atom is 0.338 e. The van der Waals surface area contributed by atoms with Gasteiger partial charge in [-0.2, -0.15) is 5.26 Å². The molecule has 216 valence electrons. The summed E-state index contributed by atoms with van der Waals surface area (Å²) in [5.41, 5.74) is 5.75. The van der Waals surface area contributed by atoms with Crippen LogP contribution in [-0.4, -0.2) is 30.1 Å². The zero-order valence-electron chi connectivity index (χ0n) is 24.1. The predicted molar refractivity (Wildman–Crippen MR) is 163 cm³/mol. The van der Waals surface area contributed by atoms with Crippen molar-refractivity contribution in [1.29, 1.82) is 5.26 Å². The van der Waals surface area contributed by atoms with E-state index >= 15 is 0 Å². The lowest BCUT2D eigenvalue weighted by Crippen LogP contribution is -2.31. The average molecular weight is 585 g/mol. The van der Waals surface area contributed by atoms with Crippen LogP contribution in [0.1, 0.15) is 52.6 Å². The molecule has 0 radical (unpaired) electrons. The number of nitrogens with one attached hydrogen (secondary N) is 3. The number of carbonyl (C=O) groups is 3. The molecule has 3 N–H and O–H groups in total. The SMILES string of the molecule is CCOC(=O)c1ccc(NC(=O)C2=C(C)NC(SCC(=O)Nc3c(C)cc(C)cc3C)=C(C#N)[C@@H]2c2ccco2)cc1. The maximum absolute atomic E-state index is 13.6. The number of ether oxygens (including phenoxy) is 1. The van der Waals surface area contributed by atoms with Gasteiger partial charge in [-0.15, -0.1) is 0 Å². The van der Waals surface area contributed by atoms with Gasteiger partial charge < -0.3 is 25.1 Å². The monoisotopic (exact) mass is 584 g/mol. The number of benzene rings is 2. The normalized spacial score (nSPS) is 14.6. The van der Waals surface area contributed by atoms with E-state index in [0.29, 0.717) is 33.3 Å². The standard InChI is InChI=1S/C32H32N4O5S/c1-6-40-32(39)22-9-11-23(12-10-22)35-30(38)27-21(5)34-31(24(16-33)28(27)25-8-7-13-41-25)42-17-26(37)36-29-19(3)14-18(2)15-20(29)4/h7-15,28,34H,6,17H2,1-5H3,(H,35,38)(H,36,37)/t28-/m1/s1. The van der Waals surface area contributed by atoms with Crippen LogP contribution in [-0.2, 0) is 14.3 Å². The number of esters is 1. The van der Waals surface area contributed by atoms with E-state index in [1.165, 1.54) is 18.0 Å². The first-order valence-corrected chi connectivity index (χ1v) is 14.4. The van der Waals surface area contributed by atoms with Crippen LogP contribution in [0.2, 0.25) is 0 Å². The quantitative estimate of drug-likeness (QED) is 0.257. The van der Waals surface area contributed by atoms with E-state index in [0.717, 1.165) is 22.4 Å². The molecule has 2 aromatic carbocycles. The molecule has 0 bridgehead atoms. The number of carbonyl (C=O) groups excluding carboxylic acids is 3. The van der Waals surface area contributed by atoms with E-state index < -0.39 is 17.8 Å². The van der Waals surface area contributed by atoms with Crippen LogP contribution < -0.4 is 16.0 Å². The van der Waals surface area contributed by atoms with Gasteiger partial charge in [-0.25, -0.2) is 4.79 Å². The highest BCUT2D eigenvalue weighted by Crippen LogP contribution is 2.41. The molecule has 2 amide bonds. The molecule has 0 saturated carbocycles. The van der Waals surface area contributed by atoms with Gasteiger partial charge in [-0.05, 0) is 82.1 Å². The molecule has 4 rings (SSSR count). The van der Waals surface area contributed by atoms with Crippen molar-refractivity contribution in [3.05, 3.63) is 105 Å². The average Bonchev–Trinajstić information content (AvgIpc) is 3.48. The number of furan rings is 1. The van der Waals surface area contributed by atoms with E-state index in [-0.39, 0.29) is 23.8 Å². The van der Waals surface area contributed by atoms with Gasteiger partial charge >= 0.3 is 5.97 Å². The van der Waals surface area contributed by atoms with Gasteiger partial charge in [0.2, 0.25) is 5.91 Å². The summed E-state index contributed by atoms with van der Waals surface area (Å²) in [5.74, 6) is -1.43. The highest BCUT2D eigenvalue weighted by atomic mass is 32.2. The molecule has 0 unspecified atom stereocenters.